The molecule has 6 nitrogen and oxygen atoms in total. The van der Waals surface area contributed by atoms with Gasteiger partial charge in [0.15, 0.2) is 0 Å². The summed E-state index contributed by atoms with van der Waals surface area (Å²) in [6, 6.07) is 7.40. The molecule has 0 radical (unpaired) electrons. The van der Waals surface area contributed by atoms with E-state index >= 15 is 0 Å². The number of carbonyl (C=O) groups excluding carboxylic acids is 1. The first kappa shape index (κ1) is 16.8. The number of nitrogens with one attached hydrogen (secondary N) is 1. The van der Waals surface area contributed by atoms with Crippen molar-refractivity contribution in [3.05, 3.63) is 18.2 Å². The summed E-state index contributed by atoms with van der Waals surface area (Å²) in [5, 5.41) is 20.7. The molecule has 1 aromatic rings. The van der Waals surface area contributed by atoms with E-state index in [0.29, 0.717) is 37.4 Å². The number of aliphatic hydroxyl groups is 1. The van der Waals surface area contributed by atoms with Crippen LogP contribution in [0.25, 0.3) is 0 Å². The van der Waals surface area contributed by atoms with E-state index in [-0.39, 0.29) is 12.5 Å². The van der Waals surface area contributed by atoms with Crippen molar-refractivity contribution in [2.45, 2.75) is 19.8 Å². The molecule has 0 aromatic heterocycles. The lowest BCUT2D eigenvalue weighted by molar-refractivity contribution is -0.115. The molecular formula is C15H21N3O3. The Morgan fingerprint density at radius 3 is 2.81 bits per heavy atom. The number of nitriles is 1. The first-order valence-corrected chi connectivity index (χ1v) is 6.86. The quantitative estimate of drug-likeness (QED) is 0.762. The van der Waals surface area contributed by atoms with Crippen LogP contribution in [0.1, 0.15) is 19.8 Å². The predicted molar refractivity (Wildman–Crippen MR) is 81.4 cm³/mol. The lowest BCUT2D eigenvalue weighted by Gasteiger charge is -2.25. The molecular weight excluding hydrogens is 270 g/mol. The van der Waals surface area contributed by atoms with Gasteiger partial charge < -0.3 is 20.1 Å². The second-order valence-electron chi connectivity index (χ2n) is 4.41. The summed E-state index contributed by atoms with van der Waals surface area (Å²) in [7, 11) is 1.56. The average Bonchev–Trinajstić information content (AvgIpc) is 2.51. The minimum absolute atomic E-state index is 0.0276. The van der Waals surface area contributed by atoms with Gasteiger partial charge in [0, 0.05) is 25.2 Å². The summed E-state index contributed by atoms with van der Waals surface area (Å²) in [4.78, 5) is 13.3. The van der Waals surface area contributed by atoms with E-state index in [1.807, 2.05) is 4.90 Å². The molecule has 0 aliphatic rings. The minimum Gasteiger partial charge on any atom is -0.495 e. The number of ether oxygens (including phenoxy) is 1. The van der Waals surface area contributed by atoms with Crippen LogP contribution in [0.4, 0.5) is 11.4 Å². The number of anilines is 2. The van der Waals surface area contributed by atoms with Crippen LogP contribution in [0.5, 0.6) is 5.75 Å². The number of nitrogens with zero attached hydrogens (tertiary/aromatic N) is 2. The summed E-state index contributed by atoms with van der Waals surface area (Å²) < 4.78 is 5.32. The van der Waals surface area contributed by atoms with Crippen LogP contribution in [0.15, 0.2) is 18.2 Å². The zero-order valence-corrected chi connectivity index (χ0v) is 12.4. The van der Waals surface area contributed by atoms with E-state index in [2.05, 4.69) is 11.4 Å². The Kier molecular flexibility index (Phi) is 7.05. The lowest BCUT2D eigenvalue weighted by atomic mass is 10.2. The molecule has 0 spiro atoms. The molecule has 1 amide bonds. The topological polar surface area (TPSA) is 85.6 Å². The third-order valence-electron chi connectivity index (χ3n) is 2.99. The number of methoxy groups -OCH3 is 1. The van der Waals surface area contributed by atoms with Gasteiger partial charge in [0.1, 0.15) is 5.75 Å². The second kappa shape index (κ2) is 8.82. The highest BCUT2D eigenvalue weighted by Crippen LogP contribution is 2.31. The Morgan fingerprint density at radius 2 is 2.24 bits per heavy atom. The Labute approximate surface area is 124 Å². The number of hydrogen-bond acceptors (Lipinski definition) is 5. The van der Waals surface area contributed by atoms with Crippen molar-refractivity contribution in [2.24, 2.45) is 0 Å². The van der Waals surface area contributed by atoms with Crippen molar-refractivity contribution in [3.63, 3.8) is 0 Å². The summed E-state index contributed by atoms with van der Waals surface area (Å²) in [5.41, 5.74) is 1.41. The fourth-order valence-electron chi connectivity index (χ4n) is 1.92. The first-order chi connectivity index (χ1) is 10.2. The van der Waals surface area contributed by atoms with Gasteiger partial charge in [-0.2, -0.15) is 5.26 Å². The molecule has 0 saturated carbocycles. The standard InChI is InChI=1S/C15H21N3O3/c1-3-15(20)17-12-5-6-14(21-2)13(11-12)18(9-10-19)8-4-7-16/h5-6,11,19H,3-4,8-10H2,1-2H3,(H,17,20). The normalized spacial score (nSPS) is 9.81. The van der Waals surface area contributed by atoms with Gasteiger partial charge in [0.25, 0.3) is 0 Å². The molecule has 0 fully saturated rings. The summed E-state index contributed by atoms with van der Waals surface area (Å²) in [5.74, 6) is 0.563. The molecule has 0 saturated heterocycles. The third-order valence-corrected chi connectivity index (χ3v) is 2.99. The fourth-order valence-corrected chi connectivity index (χ4v) is 1.92. The van der Waals surface area contributed by atoms with Crippen molar-refractivity contribution in [1.82, 2.24) is 0 Å². The van der Waals surface area contributed by atoms with Gasteiger partial charge in [-0.3, -0.25) is 4.79 Å². The number of amides is 1. The highest BCUT2D eigenvalue weighted by atomic mass is 16.5. The van der Waals surface area contributed by atoms with Crippen molar-refractivity contribution in [2.75, 3.05) is 37.0 Å². The Hall–Kier alpha value is -2.26. The zero-order valence-electron chi connectivity index (χ0n) is 12.4. The molecule has 0 atom stereocenters. The van der Waals surface area contributed by atoms with Gasteiger partial charge >= 0.3 is 0 Å². The molecule has 21 heavy (non-hydrogen) atoms. The van der Waals surface area contributed by atoms with Crippen LogP contribution in [-0.4, -0.2) is 37.8 Å². The maximum absolute atomic E-state index is 11.5. The molecule has 0 bridgehead atoms. The second-order valence-corrected chi connectivity index (χ2v) is 4.41. The number of rotatable bonds is 8. The van der Waals surface area contributed by atoms with Crippen molar-refractivity contribution in [3.8, 4) is 11.8 Å². The van der Waals surface area contributed by atoms with Gasteiger partial charge in [-0.25, -0.2) is 0 Å². The molecule has 114 valence electrons. The van der Waals surface area contributed by atoms with Crippen LogP contribution in [-0.2, 0) is 4.79 Å². The molecule has 1 aromatic carbocycles. The number of hydrogen-bond donors (Lipinski definition) is 2. The zero-order chi connectivity index (χ0) is 15.7. The first-order valence-electron chi connectivity index (χ1n) is 6.86. The van der Waals surface area contributed by atoms with Crippen LogP contribution in [0, 0.1) is 11.3 Å². The van der Waals surface area contributed by atoms with Crippen molar-refractivity contribution >= 4 is 17.3 Å². The number of carbonyl (C=O) groups is 1. The van der Waals surface area contributed by atoms with E-state index in [0.717, 1.165) is 5.69 Å². The van der Waals surface area contributed by atoms with Crippen LogP contribution < -0.4 is 15.0 Å². The molecule has 0 unspecified atom stereocenters. The van der Waals surface area contributed by atoms with Crippen LogP contribution >= 0.6 is 0 Å². The Balaban J connectivity index is 3.06. The van der Waals surface area contributed by atoms with Crippen molar-refractivity contribution < 1.29 is 14.6 Å². The Morgan fingerprint density at radius 1 is 1.48 bits per heavy atom. The summed E-state index contributed by atoms with van der Waals surface area (Å²) in [6.07, 6.45) is 0.741. The molecule has 6 heteroatoms. The molecule has 0 aliphatic heterocycles. The van der Waals surface area contributed by atoms with Gasteiger partial charge in [0.05, 0.1) is 31.9 Å². The van der Waals surface area contributed by atoms with E-state index in [1.54, 1.807) is 32.2 Å². The summed E-state index contributed by atoms with van der Waals surface area (Å²) in [6.45, 7) is 2.63. The molecule has 1 rings (SSSR count). The van der Waals surface area contributed by atoms with Gasteiger partial charge in [-0.1, -0.05) is 6.92 Å². The largest absolute Gasteiger partial charge is 0.495 e. The fraction of sp³-hybridized carbons (Fsp3) is 0.467. The number of aliphatic hydroxyl groups excluding tert-OH is 1. The highest BCUT2D eigenvalue weighted by Gasteiger charge is 2.13. The monoisotopic (exact) mass is 291 g/mol. The van der Waals surface area contributed by atoms with E-state index in [9.17, 15) is 9.90 Å². The highest BCUT2D eigenvalue weighted by molar-refractivity contribution is 5.91. The van der Waals surface area contributed by atoms with E-state index in [1.165, 1.54) is 0 Å². The maximum atomic E-state index is 11.5. The molecule has 0 aliphatic carbocycles. The third kappa shape index (κ3) is 4.97. The van der Waals surface area contributed by atoms with Gasteiger partial charge in [-0.05, 0) is 18.2 Å². The SMILES string of the molecule is CCC(=O)Nc1ccc(OC)c(N(CCO)CCC#N)c1. The molecule has 2 N–H and O–H groups in total. The van der Waals surface area contributed by atoms with Gasteiger partial charge in [0.2, 0.25) is 5.91 Å². The average molecular weight is 291 g/mol. The smallest absolute Gasteiger partial charge is 0.224 e. The molecule has 0 heterocycles. The van der Waals surface area contributed by atoms with E-state index in [4.69, 9.17) is 10.00 Å². The Bertz CT molecular complexity index is 511. The number of benzene rings is 1. The predicted octanol–water partition coefficient (Wildman–Crippen LogP) is 1.76. The lowest BCUT2D eigenvalue weighted by Crippen LogP contribution is -2.28. The van der Waals surface area contributed by atoms with Crippen molar-refractivity contribution in [1.29, 1.82) is 5.26 Å². The summed E-state index contributed by atoms with van der Waals surface area (Å²) >= 11 is 0. The van der Waals surface area contributed by atoms with Crippen LogP contribution in [0.3, 0.4) is 0 Å². The van der Waals surface area contributed by atoms with Crippen LogP contribution in [0.2, 0.25) is 0 Å². The van der Waals surface area contributed by atoms with E-state index < -0.39 is 0 Å². The minimum atomic E-state index is -0.0724. The maximum Gasteiger partial charge on any atom is 0.224 e. The van der Waals surface area contributed by atoms with Gasteiger partial charge in [-0.15, -0.1) is 0 Å².